The highest BCUT2D eigenvalue weighted by Gasteiger charge is 2.15. The first-order valence-corrected chi connectivity index (χ1v) is 6.80. The van der Waals surface area contributed by atoms with Crippen LogP contribution in [0.3, 0.4) is 0 Å². The number of hydrogen-bond acceptors (Lipinski definition) is 4. The molecule has 0 aromatic heterocycles. The fraction of sp³-hybridized carbons (Fsp3) is 0.600. The second-order valence-electron chi connectivity index (χ2n) is 4.71. The SMILES string of the molecule is COCCCN(CCOC)c1ccc(F)cc1[C@H](C)O. The molecule has 0 bridgehead atoms. The fourth-order valence-corrected chi connectivity index (χ4v) is 2.10. The topological polar surface area (TPSA) is 41.9 Å². The van der Waals surface area contributed by atoms with Crippen molar-refractivity contribution in [3.05, 3.63) is 29.6 Å². The molecule has 0 saturated carbocycles. The monoisotopic (exact) mass is 285 g/mol. The molecule has 0 radical (unpaired) electrons. The summed E-state index contributed by atoms with van der Waals surface area (Å²) in [6, 6.07) is 4.51. The zero-order valence-electron chi connectivity index (χ0n) is 12.4. The molecule has 1 atom stereocenters. The zero-order valence-corrected chi connectivity index (χ0v) is 12.4. The average Bonchev–Trinajstić information content (AvgIpc) is 2.43. The fourth-order valence-electron chi connectivity index (χ4n) is 2.10. The summed E-state index contributed by atoms with van der Waals surface area (Å²) >= 11 is 0. The molecule has 0 heterocycles. The van der Waals surface area contributed by atoms with E-state index in [0.717, 1.165) is 18.7 Å². The van der Waals surface area contributed by atoms with Crippen LogP contribution < -0.4 is 4.90 Å². The Morgan fingerprint density at radius 3 is 2.50 bits per heavy atom. The number of benzene rings is 1. The van der Waals surface area contributed by atoms with E-state index in [1.54, 1.807) is 27.2 Å². The Morgan fingerprint density at radius 2 is 1.90 bits per heavy atom. The van der Waals surface area contributed by atoms with Gasteiger partial charge in [0.25, 0.3) is 0 Å². The quantitative estimate of drug-likeness (QED) is 0.707. The molecule has 1 rings (SSSR count). The van der Waals surface area contributed by atoms with E-state index < -0.39 is 6.10 Å². The van der Waals surface area contributed by atoms with E-state index in [2.05, 4.69) is 4.90 Å². The van der Waals surface area contributed by atoms with Gasteiger partial charge < -0.3 is 19.5 Å². The number of hydrogen-bond donors (Lipinski definition) is 1. The first kappa shape index (κ1) is 16.9. The van der Waals surface area contributed by atoms with E-state index >= 15 is 0 Å². The first-order chi connectivity index (χ1) is 9.60. The molecule has 0 fully saturated rings. The smallest absolute Gasteiger partial charge is 0.123 e. The molecule has 0 amide bonds. The molecular weight excluding hydrogens is 261 g/mol. The molecule has 4 nitrogen and oxygen atoms in total. The van der Waals surface area contributed by atoms with Gasteiger partial charge in [0.1, 0.15) is 5.82 Å². The van der Waals surface area contributed by atoms with E-state index in [9.17, 15) is 9.50 Å². The van der Waals surface area contributed by atoms with Gasteiger partial charge >= 0.3 is 0 Å². The van der Waals surface area contributed by atoms with Crippen molar-refractivity contribution < 1.29 is 19.0 Å². The molecule has 1 aromatic carbocycles. The molecule has 0 aliphatic heterocycles. The molecule has 0 aliphatic carbocycles. The maximum Gasteiger partial charge on any atom is 0.123 e. The van der Waals surface area contributed by atoms with Crippen LogP contribution in [0.25, 0.3) is 0 Å². The Labute approximate surface area is 120 Å². The van der Waals surface area contributed by atoms with Crippen molar-refractivity contribution in [2.75, 3.05) is 45.4 Å². The predicted octanol–water partition coefficient (Wildman–Crippen LogP) is 2.37. The lowest BCUT2D eigenvalue weighted by Crippen LogP contribution is -2.30. The van der Waals surface area contributed by atoms with Gasteiger partial charge in [-0.05, 0) is 31.5 Å². The Kier molecular flexibility index (Phi) is 7.51. The van der Waals surface area contributed by atoms with Gasteiger partial charge in [-0.2, -0.15) is 0 Å². The summed E-state index contributed by atoms with van der Waals surface area (Å²) in [7, 11) is 3.31. The third-order valence-corrected chi connectivity index (χ3v) is 3.12. The van der Waals surface area contributed by atoms with Crippen molar-refractivity contribution in [2.24, 2.45) is 0 Å². The zero-order chi connectivity index (χ0) is 15.0. The van der Waals surface area contributed by atoms with Gasteiger partial charge in [-0.1, -0.05) is 0 Å². The number of methoxy groups -OCH3 is 2. The largest absolute Gasteiger partial charge is 0.389 e. The van der Waals surface area contributed by atoms with Crippen LogP contribution in [-0.4, -0.2) is 45.6 Å². The number of rotatable bonds is 9. The van der Waals surface area contributed by atoms with E-state index in [4.69, 9.17) is 9.47 Å². The lowest BCUT2D eigenvalue weighted by atomic mass is 10.1. The van der Waals surface area contributed by atoms with E-state index in [1.807, 2.05) is 0 Å². The van der Waals surface area contributed by atoms with Crippen molar-refractivity contribution in [2.45, 2.75) is 19.4 Å². The summed E-state index contributed by atoms with van der Waals surface area (Å²) in [5.41, 5.74) is 1.44. The minimum absolute atomic E-state index is 0.340. The van der Waals surface area contributed by atoms with E-state index in [-0.39, 0.29) is 5.82 Å². The van der Waals surface area contributed by atoms with Crippen molar-refractivity contribution in [1.82, 2.24) is 0 Å². The van der Waals surface area contributed by atoms with E-state index in [0.29, 0.717) is 25.3 Å². The van der Waals surface area contributed by atoms with Crippen LogP contribution in [0, 0.1) is 5.82 Å². The highest BCUT2D eigenvalue weighted by atomic mass is 19.1. The number of aliphatic hydroxyl groups excluding tert-OH is 1. The van der Waals surface area contributed by atoms with Crippen molar-refractivity contribution in [3.8, 4) is 0 Å². The van der Waals surface area contributed by atoms with Crippen LogP contribution in [0.5, 0.6) is 0 Å². The number of aliphatic hydroxyl groups is 1. The Hall–Kier alpha value is -1.17. The Balaban J connectivity index is 2.92. The number of halogens is 1. The molecule has 1 N–H and O–H groups in total. The van der Waals surface area contributed by atoms with Crippen molar-refractivity contribution in [1.29, 1.82) is 0 Å². The molecule has 0 saturated heterocycles. The van der Waals surface area contributed by atoms with Crippen LogP contribution in [-0.2, 0) is 9.47 Å². The van der Waals surface area contributed by atoms with Crippen LogP contribution in [0.1, 0.15) is 25.0 Å². The first-order valence-electron chi connectivity index (χ1n) is 6.80. The maximum atomic E-state index is 13.4. The van der Waals surface area contributed by atoms with Gasteiger partial charge in [-0.3, -0.25) is 0 Å². The lowest BCUT2D eigenvalue weighted by Gasteiger charge is -2.27. The summed E-state index contributed by atoms with van der Waals surface area (Å²) < 4.78 is 23.5. The van der Waals surface area contributed by atoms with Crippen molar-refractivity contribution >= 4 is 5.69 Å². The Bertz CT molecular complexity index is 399. The second kappa shape index (κ2) is 8.89. The van der Waals surface area contributed by atoms with Gasteiger partial charge in [0.05, 0.1) is 12.7 Å². The van der Waals surface area contributed by atoms with E-state index in [1.165, 1.54) is 12.1 Å². The van der Waals surface area contributed by atoms with Crippen LogP contribution >= 0.6 is 0 Å². The summed E-state index contributed by atoms with van der Waals surface area (Å²) in [6.07, 6.45) is 0.143. The second-order valence-corrected chi connectivity index (χ2v) is 4.71. The van der Waals surface area contributed by atoms with Crippen LogP contribution in [0.15, 0.2) is 18.2 Å². The molecule has 5 heteroatoms. The van der Waals surface area contributed by atoms with Gasteiger partial charge in [-0.25, -0.2) is 4.39 Å². The van der Waals surface area contributed by atoms with Gasteiger partial charge in [0.2, 0.25) is 0 Å². The van der Waals surface area contributed by atoms with Crippen LogP contribution in [0.4, 0.5) is 10.1 Å². The van der Waals surface area contributed by atoms with Crippen LogP contribution in [0.2, 0.25) is 0 Å². The summed E-state index contributed by atoms with van der Waals surface area (Å²) in [6.45, 7) is 4.33. The summed E-state index contributed by atoms with van der Waals surface area (Å²) in [5, 5.41) is 9.83. The molecule has 0 unspecified atom stereocenters. The molecule has 114 valence electrons. The molecular formula is C15H24FNO3. The number of nitrogens with zero attached hydrogens (tertiary/aromatic N) is 1. The van der Waals surface area contributed by atoms with Gasteiger partial charge in [-0.15, -0.1) is 0 Å². The number of ether oxygens (including phenoxy) is 2. The summed E-state index contributed by atoms with van der Waals surface area (Å²) in [4.78, 5) is 2.09. The minimum atomic E-state index is -0.715. The normalized spacial score (nSPS) is 12.4. The standard InChI is InChI=1S/C15H24FNO3/c1-12(18)14-11-13(16)5-6-15(14)17(8-10-20-3)7-4-9-19-2/h5-6,11-12,18H,4,7-10H2,1-3H3/t12-/m0/s1. The van der Waals surface area contributed by atoms with Gasteiger partial charge in [0.15, 0.2) is 0 Å². The number of anilines is 1. The lowest BCUT2D eigenvalue weighted by molar-refractivity contribution is 0.189. The highest BCUT2D eigenvalue weighted by molar-refractivity contribution is 5.54. The summed E-state index contributed by atoms with van der Waals surface area (Å²) in [5.74, 6) is -0.340. The molecule has 20 heavy (non-hydrogen) atoms. The third-order valence-electron chi connectivity index (χ3n) is 3.12. The molecule has 0 spiro atoms. The Morgan fingerprint density at radius 1 is 1.20 bits per heavy atom. The maximum absolute atomic E-state index is 13.4. The third kappa shape index (κ3) is 5.07. The van der Waals surface area contributed by atoms with Crippen molar-refractivity contribution in [3.63, 3.8) is 0 Å². The predicted molar refractivity (Wildman–Crippen MR) is 77.6 cm³/mol. The average molecular weight is 285 g/mol. The highest BCUT2D eigenvalue weighted by Crippen LogP contribution is 2.27. The molecule has 1 aromatic rings. The minimum Gasteiger partial charge on any atom is -0.389 e. The van der Waals surface area contributed by atoms with Gasteiger partial charge in [0, 0.05) is 45.2 Å². The molecule has 0 aliphatic rings.